The summed E-state index contributed by atoms with van der Waals surface area (Å²) in [5, 5.41) is 3.17. The van der Waals surface area contributed by atoms with Gasteiger partial charge in [0.1, 0.15) is 5.16 Å². The van der Waals surface area contributed by atoms with Gasteiger partial charge < -0.3 is 15.2 Å². The predicted octanol–water partition coefficient (Wildman–Crippen LogP) is 0.111. The lowest BCUT2D eigenvalue weighted by Crippen LogP contribution is -2.09. The molecule has 0 amide bonds. The summed E-state index contributed by atoms with van der Waals surface area (Å²) < 4.78 is 67.0. The zero-order valence-electron chi connectivity index (χ0n) is 5.58. The number of aromatic nitrogens is 3. The van der Waals surface area contributed by atoms with Crippen LogP contribution in [-0.4, -0.2) is 18.6 Å². The van der Waals surface area contributed by atoms with Crippen LogP contribution in [0.25, 0.3) is 0 Å². The Kier molecular flexibility index (Phi) is 2.02. The van der Waals surface area contributed by atoms with E-state index in [9.17, 15) is 25.5 Å². The van der Waals surface area contributed by atoms with Crippen LogP contribution >= 0.6 is 0 Å². The molecule has 10 heteroatoms. The molecule has 0 aliphatic heterocycles. The SMILES string of the molecule is O=S(=O)(F)c1nnc(C(F)(F)F)[n-]1. The van der Waals surface area contributed by atoms with Gasteiger partial charge in [0.05, 0.1) is 5.82 Å². The van der Waals surface area contributed by atoms with E-state index < -0.39 is 27.4 Å². The maximum Gasteiger partial charge on any atom is 0.421 e. The molecule has 1 aromatic heterocycles. The van der Waals surface area contributed by atoms with Crippen LogP contribution in [0.3, 0.4) is 0 Å². The van der Waals surface area contributed by atoms with Crippen molar-refractivity contribution in [3.05, 3.63) is 5.82 Å². The van der Waals surface area contributed by atoms with Gasteiger partial charge in [-0.1, -0.05) is 3.89 Å². The molecule has 1 aromatic rings. The lowest BCUT2D eigenvalue weighted by Gasteiger charge is -2.03. The van der Waals surface area contributed by atoms with Gasteiger partial charge in [-0.15, -0.1) is 0 Å². The Balaban J connectivity index is 3.16. The molecule has 0 N–H and O–H groups in total. The van der Waals surface area contributed by atoms with Crippen molar-refractivity contribution < 1.29 is 25.5 Å². The molecule has 74 valence electrons. The lowest BCUT2D eigenvalue weighted by atomic mass is 10.6. The molecular weight excluding hydrogens is 218 g/mol. The van der Waals surface area contributed by atoms with Gasteiger partial charge in [0.15, 0.2) is 0 Å². The quantitative estimate of drug-likeness (QED) is 0.494. The van der Waals surface area contributed by atoms with Gasteiger partial charge in [-0.2, -0.15) is 21.6 Å². The third kappa shape index (κ3) is 2.14. The maximum atomic E-state index is 12.0. The Labute approximate surface area is 69.0 Å². The number of hydrogen-bond donors (Lipinski definition) is 0. The zero-order chi connectivity index (χ0) is 10.3. The van der Waals surface area contributed by atoms with E-state index in [0.717, 1.165) is 0 Å². The van der Waals surface area contributed by atoms with Gasteiger partial charge in [-0.05, 0) is 0 Å². The molecule has 5 nitrogen and oxygen atoms in total. The second-order valence-corrected chi connectivity index (χ2v) is 3.09. The number of alkyl halides is 3. The first-order chi connectivity index (χ1) is 5.71. The second kappa shape index (κ2) is 2.65. The number of nitrogens with zero attached hydrogens (tertiary/aromatic N) is 3. The zero-order valence-corrected chi connectivity index (χ0v) is 6.39. The van der Waals surface area contributed by atoms with E-state index >= 15 is 0 Å². The van der Waals surface area contributed by atoms with Gasteiger partial charge in [-0.25, -0.2) is 0 Å². The van der Waals surface area contributed by atoms with Crippen molar-refractivity contribution in [1.82, 2.24) is 15.2 Å². The van der Waals surface area contributed by atoms with E-state index in [1.54, 1.807) is 0 Å². The predicted molar refractivity (Wildman–Crippen MR) is 28.6 cm³/mol. The van der Waals surface area contributed by atoms with Gasteiger partial charge >= 0.3 is 16.4 Å². The molecule has 0 aliphatic carbocycles. The Morgan fingerprint density at radius 2 is 1.77 bits per heavy atom. The fraction of sp³-hybridized carbons (Fsp3) is 0.333. The molecule has 1 rings (SSSR count). The Morgan fingerprint density at radius 1 is 1.23 bits per heavy atom. The molecule has 0 radical (unpaired) electrons. The molecule has 0 unspecified atom stereocenters. The van der Waals surface area contributed by atoms with Crippen LogP contribution in [-0.2, 0) is 16.4 Å². The third-order valence-electron chi connectivity index (χ3n) is 0.903. The summed E-state index contributed by atoms with van der Waals surface area (Å²) >= 11 is 0. The fourth-order valence-corrected chi connectivity index (χ4v) is 0.783. The summed E-state index contributed by atoms with van der Waals surface area (Å²) in [5.74, 6) is -1.79. The highest BCUT2D eigenvalue weighted by molar-refractivity contribution is 7.86. The van der Waals surface area contributed by atoms with E-state index in [1.165, 1.54) is 0 Å². The van der Waals surface area contributed by atoms with Crippen LogP contribution in [0.4, 0.5) is 17.1 Å². The minimum absolute atomic E-state index is 1.58. The van der Waals surface area contributed by atoms with Crippen molar-refractivity contribution in [3.63, 3.8) is 0 Å². The van der Waals surface area contributed by atoms with Crippen LogP contribution in [0.1, 0.15) is 5.82 Å². The van der Waals surface area contributed by atoms with E-state index in [4.69, 9.17) is 0 Å². The van der Waals surface area contributed by atoms with E-state index in [0.29, 0.717) is 0 Å². The van der Waals surface area contributed by atoms with Gasteiger partial charge in [0.25, 0.3) is 0 Å². The van der Waals surface area contributed by atoms with Crippen molar-refractivity contribution in [2.75, 3.05) is 0 Å². The smallest absolute Gasteiger partial charge is 0.344 e. The van der Waals surface area contributed by atoms with Crippen molar-refractivity contribution in [2.24, 2.45) is 0 Å². The molecule has 13 heavy (non-hydrogen) atoms. The van der Waals surface area contributed by atoms with Crippen molar-refractivity contribution >= 4 is 10.2 Å². The van der Waals surface area contributed by atoms with Crippen molar-refractivity contribution in [2.45, 2.75) is 11.3 Å². The molecule has 0 fully saturated rings. The highest BCUT2D eigenvalue weighted by atomic mass is 32.3. The van der Waals surface area contributed by atoms with E-state index in [1.807, 2.05) is 0 Å². The molecule has 0 bridgehead atoms. The minimum atomic E-state index is -5.33. The third-order valence-corrected chi connectivity index (χ3v) is 1.51. The monoisotopic (exact) mass is 218 g/mol. The topological polar surface area (TPSA) is 74.0 Å². The standard InChI is InChI=1S/C3F4N3O2S/c4-3(5,6)1-8-2(10-9-1)13(7,11)12/q-1. The summed E-state index contributed by atoms with van der Waals surface area (Å²) in [5.41, 5.74) is 0. The van der Waals surface area contributed by atoms with Crippen molar-refractivity contribution in [3.8, 4) is 0 Å². The number of halogens is 4. The van der Waals surface area contributed by atoms with Gasteiger partial charge in [-0.3, -0.25) is 0 Å². The summed E-state index contributed by atoms with van der Waals surface area (Å²) in [6.45, 7) is 0. The average Bonchev–Trinajstić information content (AvgIpc) is 2.28. The summed E-state index contributed by atoms with van der Waals surface area (Å²) in [7, 11) is -5.33. The molecular formula is C3F4N3O2S-. The first-order valence-electron chi connectivity index (χ1n) is 2.60. The van der Waals surface area contributed by atoms with Crippen LogP contribution in [0, 0.1) is 0 Å². The molecule has 0 saturated carbocycles. The Hall–Kier alpha value is -1.19. The Morgan fingerprint density at radius 3 is 2.00 bits per heavy atom. The summed E-state index contributed by atoms with van der Waals surface area (Å²) in [6, 6.07) is 0. The molecule has 0 aliphatic rings. The highest BCUT2D eigenvalue weighted by Crippen LogP contribution is 2.25. The first-order valence-corrected chi connectivity index (χ1v) is 3.99. The summed E-state index contributed by atoms with van der Waals surface area (Å²) in [4.78, 5) is 2.34. The van der Waals surface area contributed by atoms with Crippen LogP contribution in [0.15, 0.2) is 5.16 Å². The highest BCUT2D eigenvalue weighted by Gasteiger charge is 2.30. The largest absolute Gasteiger partial charge is 0.421 e. The molecule has 0 atom stereocenters. The van der Waals surface area contributed by atoms with E-state index in [-0.39, 0.29) is 0 Å². The van der Waals surface area contributed by atoms with E-state index in [2.05, 4.69) is 15.2 Å². The lowest BCUT2D eigenvalue weighted by molar-refractivity contribution is -0.145. The molecule has 0 spiro atoms. The molecule has 0 aromatic carbocycles. The Bertz CT molecular complexity index is 407. The van der Waals surface area contributed by atoms with Crippen LogP contribution in [0.2, 0.25) is 0 Å². The molecule has 1 heterocycles. The van der Waals surface area contributed by atoms with Gasteiger partial charge in [0.2, 0.25) is 0 Å². The first kappa shape index (κ1) is 9.89. The number of hydrogen-bond acceptors (Lipinski definition) is 4. The van der Waals surface area contributed by atoms with Crippen LogP contribution < -0.4 is 4.98 Å². The number of rotatable bonds is 1. The average molecular weight is 218 g/mol. The second-order valence-electron chi connectivity index (χ2n) is 1.85. The summed E-state index contributed by atoms with van der Waals surface area (Å²) in [6.07, 6.45) is -4.93. The van der Waals surface area contributed by atoms with Crippen molar-refractivity contribution in [1.29, 1.82) is 0 Å². The maximum absolute atomic E-state index is 12.0. The van der Waals surface area contributed by atoms with Crippen LogP contribution in [0.5, 0.6) is 0 Å². The normalized spacial score (nSPS) is 13.2. The molecule has 0 saturated heterocycles. The fourth-order valence-electron chi connectivity index (χ4n) is 0.449. The van der Waals surface area contributed by atoms with Gasteiger partial charge in [0, 0.05) is 0 Å². The minimum Gasteiger partial charge on any atom is -0.344 e.